The number of aliphatic imine (C=N–C) groups is 1. The highest BCUT2D eigenvalue weighted by atomic mass is 16.2. The summed E-state index contributed by atoms with van der Waals surface area (Å²) in [6, 6.07) is -0.590. The standard InChI is InChI=1S/C8H9N3O2/c1-5-6(2)11(8(9)13)3-7(5)10-4-12/h3H,1-2H3,(H2,9,13). The van der Waals surface area contributed by atoms with Gasteiger partial charge in [-0.1, -0.05) is 0 Å². The van der Waals surface area contributed by atoms with Gasteiger partial charge < -0.3 is 5.73 Å². The van der Waals surface area contributed by atoms with E-state index in [-0.39, 0.29) is 0 Å². The van der Waals surface area contributed by atoms with E-state index >= 15 is 0 Å². The highest BCUT2D eigenvalue weighted by molar-refractivity contribution is 5.78. The van der Waals surface area contributed by atoms with Crippen LogP contribution in [0.1, 0.15) is 11.3 Å². The normalized spacial score (nSPS) is 9.38. The quantitative estimate of drug-likeness (QED) is 0.515. The van der Waals surface area contributed by atoms with Gasteiger partial charge in [0.2, 0.25) is 6.08 Å². The van der Waals surface area contributed by atoms with Gasteiger partial charge in [0, 0.05) is 11.9 Å². The molecule has 5 heteroatoms. The van der Waals surface area contributed by atoms with Crippen LogP contribution in [0.4, 0.5) is 10.5 Å². The van der Waals surface area contributed by atoms with Crippen molar-refractivity contribution < 1.29 is 9.59 Å². The zero-order valence-electron chi connectivity index (χ0n) is 7.37. The van der Waals surface area contributed by atoms with Gasteiger partial charge in [-0.15, -0.1) is 0 Å². The summed E-state index contributed by atoms with van der Waals surface area (Å²) in [6.07, 6.45) is 2.83. The van der Waals surface area contributed by atoms with Gasteiger partial charge in [-0.05, 0) is 19.4 Å². The molecule has 1 heterocycles. The number of primary amides is 1. The molecule has 0 aliphatic carbocycles. The van der Waals surface area contributed by atoms with Crippen LogP contribution in [0.3, 0.4) is 0 Å². The van der Waals surface area contributed by atoms with Crippen LogP contribution in [-0.2, 0) is 4.79 Å². The SMILES string of the molecule is Cc1c(N=C=O)cn(C(N)=O)c1C. The topological polar surface area (TPSA) is 77.4 Å². The minimum atomic E-state index is -0.590. The maximum atomic E-state index is 10.8. The molecule has 0 aromatic carbocycles. The van der Waals surface area contributed by atoms with Crippen LogP contribution in [0.25, 0.3) is 0 Å². The molecule has 0 radical (unpaired) electrons. The summed E-state index contributed by atoms with van der Waals surface area (Å²) in [5.41, 5.74) is 6.93. The lowest BCUT2D eigenvalue weighted by Crippen LogP contribution is -2.19. The summed E-state index contributed by atoms with van der Waals surface area (Å²) < 4.78 is 1.24. The summed E-state index contributed by atoms with van der Waals surface area (Å²) >= 11 is 0. The van der Waals surface area contributed by atoms with E-state index < -0.39 is 6.03 Å². The van der Waals surface area contributed by atoms with Gasteiger partial charge in [0.15, 0.2) is 0 Å². The van der Waals surface area contributed by atoms with Gasteiger partial charge in [-0.3, -0.25) is 4.57 Å². The number of amides is 1. The number of hydrogen-bond donors (Lipinski definition) is 1. The molecular weight excluding hydrogens is 170 g/mol. The van der Waals surface area contributed by atoms with E-state index in [1.807, 2.05) is 0 Å². The van der Waals surface area contributed by atoms with Crippen LogP contribution in [0.2, 0.25) is 0 Å². The molecule has 13 heavy (non-hydrogen) atoms. The maximum Gasteiger partial charge on any atom is 0.323 e. The summed E-state index contributed by atoms with van der Waals surface area (Å²) in [7, 11) is 0. The van der Waals surface area contributed by atoms with Crippen molar-refractivity contribution in [2.24, 2.45) is 10.7 Å². The molecule has 1 amide bonds. The Bertz CT molecular complexity index is 377. The molecule has 1 aromatic heterocycles. The predicted octanol–water partition coefficient (Wildman–Crippen LogP) is 0.999. The third-order valence-corrected chi connectivity index (χ3v) is 1.94. The minimum Gasteiger partial charge on any atom is -0.351 e. The maximum absolute atomic E-state index is 10.8. The lowest BCUT2D eigenvalue weighted by molar-refractivity contribution is 0.250. The summed E-state index contributed by atoms with van der Waals surface area (Å²) in [5.74, 6) is 0. The largest absolute Gasteiger partial charge is 0.351 e. The number of aromatic nitrogens is 1. The van der Waals surface area contributed by atoms with Crippen molar-refractivity contribution in [2.45, 2.75) is 13.8 Å². The van der Waals surface area contributed by atoms with Crippen LogP contribution >= 0.6 is 0 Å². The van der Waals surface area contributed by atoms with Crippen molar-refractivity contribution in [3.05, 3.63) is 17.5 Å². The highest BCUT2D eigenvalue weighted by Gasteiger charge is 2.10. The lowest BCUT2D eigenvalue weighted by atomic mass is 10.2. The van der Waals surface area contributed by atoms with E-state index in [2.05, 4.69) is 4.99 Å². The molecule has 0 aliphatic heterocycles. The molecule has 2 N–H and O–H groups in total. The predicted molar refractivity (Wildman–Crippen MR) is 46.7 cm³/mol. The van der Waals surface area contributed by atoms with Crippen molar-refractivity contribution in [3.8, 4) is 0 Å². The Morgan fingerprint density at radius 1 is 1.62 bits per heavy atom. The number of nitrogens with zero attached hydrogens (tertiary/aromatic N) is 2. The average Bonchev–Trinajstić information content (AvgIpc) is 2.33. The zero-order valence-corrected chi connectivity index (χ0v) is 7.37. The molecule has 0 aliphatic rings. The van der Waals surface area contributed by atoms with Gasteiger partial charge in [-0.25, -0.2) is 9.59 Å². The molecule has 0 saturated carbocycles. The Morgan fingerprint density at radius 2 is 2.23 bits per heavy atom. The van der Waals surface area contributed by atoms with Crippen LogP contribution in [0, 0.1) is 13.8 Å². The van der Waals surface area contributed by atoms with Gasteiger partial charge >= 0.3 is 6.03 Å². The third kappa shape index (κ3) is 1.50. The number of carbonyl (C=O) groups excluding carboxylic acids is 2. The smallest absolute Gasteiger partial charge is 0.323 e. The minimum absolute atomic E-state index is 0.423. The Morgan fingerprint density at radius 3 is 2.62 bits per heavy atom. The molecule has 0 atom stereocenters. The molecule has 1 rings (SSSR count). The molecule has 0 spiro atoms. The number of hydrogen-bond acceptors (Lipinski definition) is 3. The Kier molecular flexibility index (Phi) is 2.30. The van der Waals surface area contributed by atoms with Crippen molar-refractivity contribution in [3.63, 3.8) is 0 Å². The summed E-state index contributed by atoms with van der Waals surface area (Å²) in [5, 5.41) is 0. The van der Waals surface area contributed by atoms with E-state index in [4.69, 9.17) is 5.73 Å². The Hall–Kier alpha value is -1.87. The Balaban J connectivity index is 3.35. The first-order valence-corrected chi connectivity index (χ1v) is 3.64. The molecular formula is C8H9N3O2. The van der Waals surface area contributed by atoms with Crippen molar-refractivity contribution in [1.82, 2.24) is 4.57 Å². The van der Waals surface area contributed by atoms with Gasteiger partial charge in [-0.2, -0.15) is 4.99 Å². The van der Waals surface area contributed by atoms with Crippen LogP contribution in [0.15, 0.2) is 11.2 Å². The molecule has 0 unspecified atom stereocenters. The van der Waals surface area contributed by atoms with E-state index in [1.54, 1.807) is 13.8 Å². The zero-order chi connectivity index (χ0) is 10.0. The number of rotatable bonds is 1. The van der Waals surface area contributed by atoms with Gasteiger partial charge in [0.05, 0.1) is 5.69 Å². The van der Waals surface area contributed by atoms with Crippen molar-refractivity contribution >= 4 is 17.8 Å². The molecule has 0 fully saturated rings. The second-order valence-corrected chi connectivity index (χ2v) is 2.64. The Labute approximate surface area is 74.9 Å². The van der Waals surface area contributed by atoms with E-state index in [9.17, 15) is 9.59 Å². The average molecular weight is 179 g/mol. The fraction of sp³-hybridized carbons (Fsp3) is 0.250. The van der Waals surface area contributed by atoms with Crippen molar-refractivity contribution in [2.75, 3.05) is 0 Å². The molecule has 68 valence electrons. The second-order valence-electron chi connectivity index (χ2n) is 2.64. The van der Waals surface area contributed by atoms with Crippen LogP contribution in [0.5, 0.6) is 0 Å². The van der Waals surface area contributed by atoms with Crippen LogP contribution < -0.4 is 5.73 Å². The molecule has 0 bridgehead atoms. The number of nitrogens with two attached hydrogens (primary N) is 1. The first kappa shape index (κ1) is 9.22. The van der Waals surface area contributed by atoms with Crippen molar-refractivity contribution in [1.29, 1.82) is 0 Å². The third-order valence-electron chi connectivity index (χ3n) is 1.94. The van der Waals surface area contributed by atoms with Gasteiger partial charge in [0.1, 0.15) is 0 Å². The second kappa shape index (κ2) is 3.25. The number of isocyanates is 1. The number of carbonyl (C=O) groups is 1. The lowest BCUT2D eigenvalue weighted by Gasteiger charge is -1.97. The fourth-order valence-electron chi connectivity index (χ4n) is 1.07. The van der Waals surface area contributed by atoms with Gasteiger partial charge in [0.25, 0.3) is 0 Å². The monoisotopic (exact) mass is 179 g/mol. The highest BCUT2D eigenvalue weighted by Crippen LogP contribution is 2.22. The fourth-order valence-corrected chi connectivity index (χ4v) is 1.07. The van der Waals surface area contributed by atoms with E-state index in [1.165, 1.54) is 16.8 Å². The molecule has 5 nitrogen and oxygen atoms in total. The molecule has 0 saturated heterocycles. The first-order valence-electron chi connectivity index (χ1n) is 3.64. The first-order chi connectivity index (χ1) is 6.07. The molecule has 1 aromatic rings. The van der Waals surface area contributed by atoms with Crippen LogP contribution in [-0.4, -0.2) is 16.7 Å². The van der Waals surface area contributed by atoms with E-state index in [0.717, 1.165) is 5.56 Å². The summed E-state index contributed by atoms with van der Waals surface area (Å²) in [6.45, 7) is 3.48. The summed E-state index contributed by atoms with van der Waals surface area (Å²) in [4.78, 5) is 24.3. The van der Waals surface area contributed by atoms with E-state index in [0.29, 0.717) is 11.4 Å².